The van der Waals surface area contributed by atoms with Crippen molar-refractivity contribution in [2.75, 3.05) is 13.1 Å². The summed E-state index contributed by atoms with van der Waals surface area (Å²) in [7, 11) is 0. The molecule has 2 rings (SSSR count). The van der Waals surface area contributed by atoms with Crippen molar-refractivity contribution >= 4 is 5.91 Å². The monoisotopic (exact) mass is 296 g/mol. The van der Waals surface area contributed by atoms with E-state index in [9.17, 15) is 13.6 Å². The first-order chi connectivity index (χ1) is 10.0. The number of nitrogens with one attached hydrogen (secondary N) is 1. The molecule has 1 aliphatic heterocycles. The largest absolute Gasteiger partial charge is 0.341 e. The molecule has 0 spiro atoms. The topological polar surface area (TPSA) is 32.3 Å². The molecule has 0 saturated carbocycles. The van der Waals surface area contributed by atoms with E-state index >= 15 is 0 Å². The highest BCUT2D eigenvalue weighted by molar-refractivity contribution is 5.81. The summed E-state index contributed by atoms with van der Waals surface area (Å²) in [6, 6.07) is 2.78. The zero-order valence-electron chi connectivity index (χ0n) is 12.5. The number of hydrogen-bond donors (Lipinski definition) is 1. The van der Waals surface area contributed by atoms with Crippen molar-refractivity contribution in [1.29, 1.82) is 0 Å². The molecule has 0 radical (unpaired) electrons. The van der Waals surface area contributed by atoms with Crippen LogP contribution in [0.25, 0.3) is 0 Å². The van der Waals surface area contributed by atoms with Crippen molar-refractivity contribution in [3.8, 4) is 0 Å². The number of benzene rings is 1. The lowest BCUT2D eigenvalue weighted by atomic mass is 10.1. The Kier molecular flexibility index (Phi) is 5.28. The van der Waals surface area contributed by atoms with E-state index in [0.717, 1.165) is 32.4 Å². The molecule has 1 fully saturated rings. The minimum absolute atomic E-state index is 0.00158. The Bertz CT molecular complexity index is 481. The van der Waals surface area contributed by atoms with Gasteiger partial charge in [0.2, 0.25) is 5.91 Å². The number of amides is 1. The zero-order chi connectivity index (χ0) is 15.4. The Hall–Kier alpha value is -1.49. The SMILES string of the molecule is CC(NC(C)c1c(F)cccc1F)C(=O)N1CCCCC1. The first-order valence-corrected chi connectivity index (χ1v) is 7.49. The molecule has 2 unspecified atom stereocenters. The Labute approximate surface area is 124 Å². The number of hydrogen-bond acceptors (Lipinski definition) is 2. The van der Waals surface area contributed by atoms with Crippen LogP contribution in [0.1, 0.15) is 44.7 Å². The number of likely N-dealkylation sites (tertiary alicyclic amines) is 1. The molecule has 1 aromatic carbocycles. The maximum absolute atomic E-state index is 13.7. The van der Waals surface area contributed by atoms with Crippen LogP contribution in [-0.2, 0) is 4.79 Å². The van der Waals surface area contributed by atoms with Crippen LogP contribution >= 0.6 is 0 Å². The summed E-state index contributed by atoms with van der Waals surface area (Å²) in [5.41, 5.74) is -0.0178. The molecule has 1 heterocycles. The minimum atomic E-state index is -0.590. The van der Waals surface area contributed by atoms with Gasteiger partial charge >= 0.3 is 0 Å². The van der Waals surface area contributed by atoms with E-state index in [-0.39, 0.29) is 11.5 Å². The molecule has 21 heavy (non-hydrogen) atoms. The highest BCUT2D eigenvalue weighted by Crippen LogP contribution is 2.21. The predicted octanol–water partition coefficient (Wildman–Crippen LogP) is 3.02. The van der Waals surface area contributed by atoms with Crippen LogP contribution in [0.5, 0.6) is 0 Å². The third-order valence-corrected chi connectivity index (χ3v) is 3.97. The van der Waals surface area contributed by atoms with Crippen molar-refractivity contribution < 1.29 is 13.6 Å². The van der Waals surface area contributed by atoms with Crippen LogP contribution in [0.2, 0.25) is 0 Å². The van der Waals surface area contributed by atoms with Crippen LogP contribution < -0.4 is 5.32 Å². The number of halogens is 2. The molecular weight excluding hydrogens is 274 g/mol. The third kappa shape index (κ3) is 3.79. The van der Waals surface area contributed by atoms with Gasteiger partial charge in [-0.3, -0.25) is 10.1 Å². The molecule has 1 amide bonds. The van der Waals surface area contributed by atoms with Gasteiger partial charge in [-0.2, -0.15) is 0 Å². The van der Waals surface area contributed by atoms with Crippen molar-refractivity contribution in [3.05, 3.63) is 35.4 Å². The van der Waals surface area contributed by atoms with Gasteiger partial charge in [0.05, 0.1) is 6.04 Å². The van der Waals surface area contributed by atoms with Crippen molar-refractivity contribution in [1.82, 2.24) is 10.2 Å². The van der Waals surface area contributed by atoms with Crippen LogP contribution in [-0.4, -0.2) is 29.9 Å². The average Bonchev–Trinajstić information content (AvgIpc) is 2.47. The van der Waals surface area contributed by atoms with Crippen molar-refractivity contribution in [3.63, 3.8) is 0 Å². The number of carbonyl (C=O) groups is 1. The van der Waals surface area contributed by atoms with E-state index in [1.165, 1.54) is 18.2 Å². The van der Waals surface area contributed by atoms with E-state index in [2.05, 4.69) is 5.32 Å². The van der Waals surface area contributed by atoms with Crippen LogP contribution in [0, 0.1) is 11.6 Å². The smallest absolute Gasteiger partial charge is 0.239 e. The number of rotatable bonds is 4. The lowest BCUT2D eigenvalue weighted by Gasteiger charge is -2.30. The summed E-state index contributed by atoms with van der Waals surface area (Å²) in [4.78, 5) is 14.1. The molecule has 1 saturated heterocycles. The van der Waals surface area contributed by atoms with Gasteiger partial charge in [0, 0.05) is 24.7 Å². The van der Waals surface area contributed by atoms with E-state index < -0.39 is 23.7 Å². The Morgan fingerprint density at radius 3 is 2.29 bits per heavy atom. The summed E-state index contributed by atoms with van der Waals surface area (Å²) in [6.45, 7) is 4.95. The lowest BCUT2D eigenvalue weighted by molar-refractivity contribution is -0.134. The second-order valence-electron chi connectivity index (χ2n) is 5.63. The van der Waals surface area contributed by atoms with Gasteiger partial charge in [-0.1, -0.05) is 6.07 Å². The fourth-order valence-corrected chi connectivity index (χ4v) is 2.84. The maximum Gasteiger partial charge on any atom is 0.239 e. The molecule has 1 aromatic rings. The Morgan fingerprint density at radius 1 is 1.14 bits per heavy atom. The number of nitrogens with zero attached hydrogens (tertiary/aromatic N) is 1. The predicted molar refractivity (Wildman–Crippen MR) is 77.8 cm³/mol. The first-order valence-electron chi connectivity index (χ1n) is 7.49. The zero-order valence-corrected chi connectivity index (χ0v) is 12.5. The average molecular weight is 296 g/mol. The molecule has 2 atom stereocenters. The highest BCUT2D eigenvalue weighted by Gasteiger charge is 2.25. The number of carbonyl (C=O) groups excluding carboxylic acids is 1. The first kappa shape index (κ1) is 15.9. The summed E-state index contributed by atoms with van der Waals surface area (Å²) in [6.07, 6.45) is 3.20. The normalized spacial score (nSPS) is 18.4. The van der Waals surface area contributed by atoms with Crippen LogP contribution in [0.3, 0.4) is 0 Å². The fourth-order valence-electron chi connectivity index (χ4n) is 2.84. The third-order valence-electron chi connectivity index (χ3n) is 3.97. The maximum atomic E-state index is 13.7. The molecule has 1 aliphatic rings. The molecule has 3 nitrogen and oxygen atoms in total. The van der Waals surface area contributed by atoms with Crippen LogP contribution in [0.4, 0.5) is 8.78 Å². The van der Waals surface area contributed by atoms with Crippen molar-refractivity contribution in [2.24, 2.45) is 0 Å². The van der Waals surface area contributed by atoms with Gasteiger partial charge in [-0.25, -0.2) is 8.78 Å². The van der Waals surface area contributed by atoms with Gasteiger partial charge in [0.1, 0.15) is 11.6 Å². The van der Waals surface area contributed by atoms with Crippen molar-refractivity contribution in [2.45, 2.75) is 45.2 Å². The molecule has 116 valence electrons. The highest BCUT2D eigenvalue weighted by atomic mass is 19.1. The minimum Gasteiger partial charge on any atom is -0.341 e. The van der Waals surface area contributed by atoms with E-state index in [1.807, 2.05) is 4.90 Å². The summed E-state index contributed by atoms with van der Waals surface area (Å²) in [5.74, 6) is -1.18. The molecule has 0 aromatic heterocycles. The summed E-state index contributed by atoms with van der Waals surface area (Å²) >= 11 is 0. The van der Waals surface area contributed by atoms with Gasteiger partial charge in [-0.15, -0.1) is 0 Å². The second-order valence-corrected chi connectivity index (χ2v) is 5.63. The molecular formula is C16H22F2N2O. The summed E-state index contributed by atoms with van der Waals surface area (Å²) < 4.78 is 27.5. The van der Waals surface area contributed by atoms with Gasteiger partial charge in [0.25, 0.3) is 0 Å². The summed E-state index contributed by atoms with van der Waals surface area (Å²) in [5, 5.41) is 3.00. The van der Waals surface area contributed by atoms with E-state index in [4.69, 9.17) is 0 Å². The second kappa shape index (κ2) is 6.98. The van der Waals surface area contributed by atoms with Gasteiger partial charge < -0.3 is 4.90 Å². The van der Waals surface area contributed by atoms with Gasteiger partial charge in [-0.05, 0) is 45.2 Å². The fraction of sp³-hybridized carbons (Fsp3) is 0.562. The Morgan fingerprint density at radius 2 is 1.71 bits per heavy atom. The standard InChI is InChI=1S/C16H22F2N2O/c1-11(15-13(17)7-6-8-14(15)18)19-12(2)16(21)20-9-4-3-5-10-20/h6-8,11-12,19H,3-5,9-10H2,1-2H3. The van der Waals surface area contributed by atoms with E-state index in [1.54, 1.807) is 13.8 Å². The quantitative estimate of drug-likeness (QED) is 0.926. The Balaban J connectivity index is 2.01. The van der Waals surface area contributed by atoms with E-state index in [0.29, 0.717) is 0 Å². The molecule has 1 N–H and O–H groups in total. The molecule has 5 heteroatoms. The number of piperidine rings is 1. The molecule has 0 bridgehead atoms. The van der Waals surface area contributed by atoms with Gasteiger partial charge in [0.15, 0.2) is 0 Å². The lowest BCUT2D eigenvalue weighted by Crippen LogP contribution is -2.47. The van der Waals surface area contributed by atoms with Crippen LogP contribution in [0.15, 0.2) is 18.2 Å². The molecule has 0 aliphatic carbocycles.